The van der Waals surface area contributed by atoms with Crippen LogP contribution in [0.3, 0.4) is 0 Å². The molecule has 1 aromatic heterocycles. The van der Waals surface area contributed by atoms with Gasteiger partial charge >= 0.3 is 0 Å². The second-order valence-corrected chi connectivity index (χ2v) is 7.28. The molecule has 0 N–H and O–H groups in total. The topological polar surface area (TPSA) is 50.3 Å². The maximum absolute atomic E-state index is 12.3. The van der Waals surface area contributed by atoms with Crippen LogP contribution in [0.2, 0.25) is 0 Å². The number of piperidine rings is 1. The van der Waals surface area contributed by atoms with E-state index in [1.54, 1.807) is 16.6 Å². The van der Waals surface area contributed by atoms with Gasteiger partial charge in [0.15, 0.2) is 0 Å². The van der Waals surface area contributed by atoms with Gasteiger partial charge in [0.1, 0.15) is 4.90 Å². The fourth-order valence-electron chi connectivity index (χ4n) is 1.91. The van der Waals surface area contributed by atoms with Crippen molar-refractivity contribution in [1.29, 1.82) is 0 Å². The van der Waals surface area contributed by atoms with Gasteiger partial charge in [0.25, 0.3) is 0 Å². The lowest BCUT2D eigenvalue weighted by Gasteiger charge is -2.29. The summed E-state index contributed by atoms with van der Waals surface area (Å²) in [7, 11) is -3.37. The lowest BCUT2D eigenvalue weighted by molar-refractivity contribution is 0.288. The van der Waals surface area contributed by atoms with Gasteiger partial charge in [0.05, 0.1) is 0 Å². The Morgan fingerprint density at radius 2 is 2.00 bits per heavy atom. The van der Waals surface area contributed by atoms with Crippen LogP contribution in [0.1, 0.15) is 19.8 Å². The third kappa shape index (κ3) is 2.86. The SMILES string of the molecule is CC1CCN(S(=O)(=O)c2cncc(Br)c2)CC1. The number of hydrogen-bond donors (Lipinski definition) is 0. The number of rotatable bonds is 2. The van der Waals surface area contributed by atoms with Gasteiger partial charge < -0.3 is 0 Å². The molecule has 6 heteroatoms. The van der Waals surface area contributed by atoms with Crippen molar-refractivity contribution in [3.8, 4) is 0 Å². The normalized spacial score (nSPS) is 19.4. The first kappa shape index (κ1) is 13.0. The van der Waals surface area contributed by atoms with Gasteiger partial charge in [-0.1, -0.05) is 6.92 Å². The van der Waals surface area contributed by atoms with Gasteiger partial charge in [0, 0.05) is 30.0 Å². The predicted octanol–water partition coefficient (Wildman–Crippen LogP) is 2.26. The van der Waals surface area contributed by atoms with Crippen LogP contribution in [0.4, 0.5) is 0 Å². The van der Waals surface area contributed by atoms with Crippen molar-refractivity contribution in [2.24, 2.45) is 5.92 Å². The van der Waals surface area contributed by atoms with Crippen LogP contribution in [0.25, 0.3) is 0 Å². The van der Waals surface area contributed by atoms with Crippen LogP contribution < -0.4 is 0 Å². The summed E-state index contributed by atoms with van der Waals surface area (Å²) in [6, 6.07) is 1.60. The molecule has 17 heavy (non-hydrogen) atoms. The largest absolute Gasteiger partial charge is 0.262 e. The Hall–Kier alpha value is -0.460. The first-order valence-corrected chi connectivity index (χ1v) is 7.84. The Balaban J connectivity index is 2.25. The molecule has 1 fully saturated rings. The van der Waals surface area contributed by atoms with Gasteiger partial charge in [0.2, 0.25) is 10.0 Å². The molecule has 0 unspecified atom stereocenters. The standard InChI is InChI=1S/C11H15BrN2O2S/c1-9-2-4-14(5-3-9)17(15,16)11-6-10(12)7-13-8-11/h6-9H,2-5H2,1H3. The summed E-state index contributed by atoms with van der Waals surface area (Å²) >= 11 is 3.24. The highest BCUT2D eigenvalue weighted by molar-refractivity contribution is 9.10. The summed E-state index contributed by atoms with van der Waals surface area (Å²) in [6.07, 6.45) is 4.84. The molecule has 2 rings (SSSR count). The second kappa shape index (κ2) is 5.04. The number of hydrogen-bond acceptors (Lipinski definition) is 3. The van der Waals surface area contributed by atoms with Gasteiger partial charge in [-0.25, -0.2) is 8.42 Å². The molecule has 0 spiro atoms. The zero-order chi connectivity index (χ0) is 12.5. The van der Waals surface area contributed by atoms with Gasteiger partial charge in [-0.05, 0) is 40.8 Å². The summed E-state index contributed by atoms with van der Waals surface area (Å²) in [5.41, 5.74) is 0. The quantitative estimate of drug-likeness (QED) is 0.840. The molecule has 0 amide bonds. The zero-order valence-electron chi connectivity index (χ0n) is 9.63. The number of nitrogens with zero attached hydrogens (tertiary/aromatic N) is 2. The lowest BCUT2D eigenvalue weighted by Crippen LogP contribution is -2.37. The van der Waals surface area contributed by atoms with E-state index in [4.69, 9.17) is 0 Å². The number of pyridine rings is 1. The zero-order valence-corrected chi connectivity index (χ0v) is 12.0. The third-order valence-corrected chi connectivity index (χ3v) is 5.36. The predicted molar refractivity (Wildman–Crippen MR) is 69.1 cm³/mol. The van der Waals surface area contributed by atoms with Crippen molar-refractivity contribution in [1.82, 2.24) is 9.29 Å². The first-order valence-electron chi connectivity index (χ1n) is 5.61. The number of halogens is 1. The Morgan fingerprint density at radius 3 is 2.59 bits per heavy atom. The fraction of sp³-hybridized carbons (Fsp3) is 0.545. The van der Waals surface area contributed by atoms with Crippen LogP contribution in [0.5, 0.6) is 0 Å². The van der Waals surface area contributed by atoms with E-state index in [2.05, 4.69) is 27.8 Å². The van der Waals surface area contributed by atoms with E-state index in [1.165, 1.54) is 6.20 Å². The van der Waals surface area contributed by atoms with Crippen LogP contribution in [-0.2, 0) is 10.0 Å². The average molecular weight is 319 g/mol. The van der Waals surface area contributed by atoms with Gasteiger partial charge in [-0.3, -0.25) is 4.98 Å². The van der Waals surface area contributed by atoms with Crippen molar-refractivity contribution in [2.75, 3.05) is 13.1 Å². The molecule has 1 aliphatic rings. The highest BCUT2D eigenvalue weighted by atomic mass is 79.9. The smallest absolute Gasteiger partial charge is 0.244 e. The molecule has 2 heterocycles. The Labute approximate surface area is 110 Å². The first-order chi connectivity index (χ1) is 8.00. The highest BCUT2D eigenvalue weighted by Gasteiger charge is 2.28. The van der Waals surface area contributed by atoms with Crippen molar-refractivity contribution >= 4 is 26.0 Å². The monoisotopic (exact) mass is 318 g/mol. The average Bonchev–Trinajstić information content (AvgIpc) is 2.29. The van der Waals surface area contributed by atoms with E-state index >= 15 is 0 Å². The summed E-state index contributed by atoms with van der Waals surface area (Å²) in [5, 5.41) is 0. The maximum Gasteiger partial charge on any atom is 0.244 e. The lowest BCUT2D eigenvalue weighted by atomic mass is 10.0. The van der Waals surface area contributed by atoms with Crippen LogP contribution in [0.15, 0.2) is 27.8 Å². The van der Waals surface area contributed by atoms with Crippen molar-refractivity contribution in [2.45, 2.75) is 24.7 Å². The van der Waals surface area contributed by atoms with E-state index in [0.717, 1.165) is 12.8 Å². The summed E-state index contributed by atoms with van der Waals surface area (Å²) in [4.78, 5) is 4.17. The molecule has 1 aromatic rings. The molecular weight excluding hydrogens is 304 g/mol. The van der Waals surface area contributed by atoms with Crippen molar-refractivity contribution in [3.63, 3.8) is 0 Å². The molecule has 0 aromatic carbocycles. The minimum atomic E-state index is -3.37. The molecule has 0 aliphatic carbocycles. The summed E-state index contributed by atoms with van der Waals surface area (Å²) in [6.45, 7) is 3.37. The van der Waals surface area contributed by atoms with Crippen LogP contribution >= 0.6 is 15.9 Å². The van der Waals surface area contributed by atoms with Crippen molar-refractivity contribution in [3.05, 3.63) is 22.9 Å². The number of aromatic nitrogens is 1. The molecule has 1 aliphatic heterocycles. The number of sulfonamides is 1. The molecule has 1 saturated heterocycles. The van der Waals surface area contributed by atoms with Gasteiger partial charge in [-0.2, -0.15) is 4.31 Å². The molecule has 0 bridgehead atoms. The Kier molecular flexibility index (Phi) is 3.85. The molecule has 94 valence electrons. The fourth-order valence-corrected chi connectivity index (χ4v) is 3.88. The Bertz CT molecular complexity index is 496. The Morgan fingerprint density at radius 1 is 1.35 bits per heavy atom. The molecule has 0 saturated carbocycles. The molecule has 0 radical (unpaired) electrons. The second-order valence-electron chi connectivity index (χ2n) is 4.43. The molecule has 0 atom stereocenters. The minimum Gasteiger partial charge on any atom is -0.262 e. The molecule has 4 nitrogen and oxygen atoms in total. The maximum atomic E-state index is 12.3. The van der Waals surface area contributed by atoms with E-state index in [1.807, 2.05) is 0 Å². The molecular formula is C11H15BrN2O2S. The van der Waals surface area contributed by atoms with Crippen molar-refractivity contribution < 1.29 is 8.42 Å². The summed E-state index contributed by atoms with van der Waals surface area (Å²) < 4.78 is 26.9. The minimum absolute atomic E-state index is 0.265. The van der Waals surface area contributed by atoms with Gasteiger partial charge in [-0.15, -0.1) is 0 Å². The van der Waals surface area contributed by atoms with Crippen LogP contribution in [0, 0.1) is 5.92 Å². The van der Waals surface area contributed by atoms with E-state index in [9.17, 15) is 8.42 Å². The third-order valence-electron chi connectivity index (χ3n) is 3.06. The van der Waals surface area contributed by atoms with Crippen LogP contribution in [-0.4, -0.2) is 30.8 Å². The van der Waals surface area contributed by atoms with E-state index in [0.29, 0.717) is 23.5 Å². The van der Waals surface area contributed by atoms with E-state index in [-0.39, 0.29) is 4.90 Å². The van der Waals surface area contributed by atoms with E-state index < -0.39 is 10.0 Å². The highest BCUT2D eigenvalue weighted by Crippen LogP contribution is 2.24. The summed E-state index contributed by atoms with van der Waals surface area (Å²) in [5.74, 6) is 0.613.